The lowest BCUT2D eigenvalue weighted by atomic mass is 9.87. The number of piperazine rings is 1. The first-order chi connectivity index (χ1) is 15.8. The molecule has 2 aromatic heterocycles. The number of anilines is 3. The number of rotatable bonds is 3. The van der Waals surface area contributed by atoms with Gasteiger partial charge in [-0.05, 0) is 37.7 Å². The highest BCUT2D eigenvalue weighted by Gasteiger charge is 2.42. The van der Waals surface area contributed by atoms with Crippen LogP contribution in [0.1, 0.15) is 44.0 Å². The second-order valence-corrected chi connectivity index (χ2v) is 11.1. The number of thioether (sulfide) groups is 1. The first-order valence-corrected chi connectivity index (χ1v) is 12.5. The van der Waals surface area contributed by atoms with E-state index in [-0.39, 0.29) is 16.7 Å². The molecule has 0 N–H and O–H groups in total. The van der Waals surface area contributed by atoms with Crippen molar-refractivity contribution in [2.75, 3.05) is 41.7 Å². The minimum Gasteiger partial charge on any atom is -0.352 e. The van der Waals surface area contributed by atoms with Crippen molar-refractivity contribution in [2.45, 2.75) is 50.8 Å². The second kappa shape index (κ2) is 8.17. The van der Waals surface area contributed by atoms with Gasteiger partial charge >= 0.3 is 0 Å². The zero-order chi connectivity index (χ0) is 23.3. The predicted molar refractivity (Wildman–Crippen MR) is 130 cm³/mol. The molecular formula is C24H29N7OS. The summed E-state index contributed by atoms with van der Waals surface area (Å²) in [5.74, 6) is 3.25. The Kier molecular flexibility index (Phi) is 5.44. The molecule has 2 fully saturated rings. The maximum atomic E-state index is 12.8. The molecule has 0 saturated carbocycles. The quantitative estimate of drug-likeness (QED) is 0.686. The standard InChI is InChI=1S/C24H29N7OS/c1-15-9-17(11-26-18(15)10-25)31-13-24(3,4)20-21(27-14-28-22(20)31)29-6-7-30(16(2)12-29)23(32)19-5-8-33-19/h9,11,14,16,19H,5-8,12-13H2,1-4H3. The molecule has 2 aromatic rings. The van der Waals surface area contributed by atoms with E-state index >= 15 is 0 Å². The SMILES string of the molecule is Cc1cc(N2CC(C)(C)c3c(N4CCN(C(=O)C5CCS5)C(C)C4)ncnc32)cnc1C#N. The maximum absolute atomic E-state index is 12.8. The summed E-state index contributed by atoms with van der Waals surface area (Å²) in [4.78, 5) is 33.1. The van der Waals surface area contributed by atoms with Crippen LogP contribution in [0.4, 0.5) is 17.3 Å². The topological polar surface area (TPSA) is 89.2 Å². The van der Waals surface area contributed by atoms with Gasteiger partial charge in [-0.15, -0.1) is 11.8 Å². The van der Waals surface area contributed by atoms with Gasteiger partial charge in [0.1, 0.15) is 29.7 Å². The second-order valence-electron chi connectivity index (χ2n) is 9.81. The molecule has 5 rings (SSSR count). The van der Waals surface area contributed by atoms with Crippen molar-refractivity contribution < 1.29 is 4.79 Å². The van der Waals surface area contributed by atoms with Crippen LogP contribution in [0, 0.1) is 18.3 Å². The molecule has 172 valence electrons. The Morgan fingerprint density at radius 2 is 2.00 bits per heavy atom. The van der Waals surface area contributed by atoms with Gasteiger partial charge in [-0.25, -0.2) is 15.0 Å². The number of aryl methyl sites for hydroxylation is 1. The van der Waals surface area contributed by atoms with Gasteiger partial charge in [0.2, 0.25) is 5.91 Å². The fraction of sp³-hybridized carbons (Fsp3) is 0.542. The van der Waals surface area contributed by atoms with Crippen LogP contribution in [-0.2, 0) is 10.2 Å². The van der Waals surface area contributed by atoms with Crippen LogP contribution in [0.5, 0.6) is 0 Å². The summed E-state index contributed by atoms with van der Waals surface area (Å²) in [6.45, 7) is 11.5. The van der Waals surface area contributed by atoms with Gasteiger partial charge in [-0.2, -0.15) is 5.26 Å². The highest BCUT2D eigenvalue weighted by molar-refractivity contribution is 8.01. The molecule has 3 aliphatic rings. The Balaban J connectivity index is 1.44. The molecule has 9 heteroatoms. The summed E-state index contributed by atoms with van der Waals surface area (Å²) < 4.78 is 0. The third-order valence-corrected chi connectivity index (χ3v) is 8.27. The van der Waals surface area contributed by atoms with Crippen LogP contribution in [-0.4, -0.2) is 69.0 Å². The number of carbonyl (C=O) groups excluding carboxylic acids is 1. The molecule has 1 amide bonds. The third-order valence-electron chi connectivity index (χ3n) is 6.96. The van der Waals surface area contributed by atoms with Crippen molar-refractivity contribution in [3.05, 3.63) is 35.4 Å². The fourth-order valence-corrected chi connectivity index (χ4v) is 5.85. The molecule has 2 saturated heterocycles. The Bertz CT molecular complexity index is 1140. The minimum atomic E-state index is -0.160. The number of aromatic nitrogens is 3. The zero-order valence-corrected chi connectivity index (χ0v) is 20.4. The molecule has 0 aliphatic carbocycles. The molecule has 3 aliphatic heterocycles. The van der Waals surface area contributed by atoms with Crippen molar-refractivity contribution in [3.8, 4) is 6.07 Å². The van der Waals surface area contributed by atoms with Gasteiger partial charge < -0.3 is 14.7 Å². The molecule has 2 unspecified atom stereocenters. The smallest absolute Gasteiger partial charge is 0.236 e. The number of amides is 1. The minimum absolute atomic E-state index is 0.143. The fourth-order valence-electron chi connectivity index (χ4n) is 5.10. The molecular weight excluding hydrogens is 434 g/mol. The van der Waals surface area contributed by atoms with E-state index < -0.39 is 0 Å². The van der Waals surface area contributed by atoms with Crippen LogP contribution in [0.2, 0.25) is 0 Å². The van der Waals surface area contributed by atoms with Crippen LogP contribution >= 0.6 is 11.8 Å². The summed E-state index contributed by atoms with van der Waals surface area (Å²) in [6.07, 6.45) is 4.40. The van der Waals surface area contributed by atoms with E-state index in [0.29, 0.717) is 11.6 Å². The summed E-state index contributed by atoms with van der Waals surface area (Å²) in [5.41, 5.74) is 3.21. The lowest BCUT2D eigenvalue weighted by molar-refractivity contribution is -0.133. The lowest BCUT2D eigenvalue weighted by Crippen LogP contribution is -2.57. The average Bonchev–Trinajstić information content (AvgIpc) is 3.03. The highest BCUT2D eigenvalue weighted by Crippen LogP contribution is 2.47. The number of hydrogen-bond acceptors (Lipinski definition) is 8. The summed E-state index contributed by atoms with van der Waals surface area (Å²) >= 11 is 1.77. The zero-order valence-electron chi connectivity index (χ0n) is 19.6. The Morgan fingerprint density at radius 3 is 2.64 bits per heavy atom. The largest absolute Gasteiger partial charge is 0.352 e. The van der Waals surface area contributed by atoms with E-state index in [1.807, 2.05) is 13.0 Å². The van der Waals surface area contributed by atoms with Crippen LogP contribution in [0.3, 0.4) is 0 Å². The molecule has 0 radical (unpaired) electrons. The molecule has 33 heavy (non-hydrogen) atoms. The normalized spacial score (nSPS) is 23.7. The van der Waals surface area contributed by atoms with Crippen molar-refractivity contribution in [1.82, 2.24) is 19.9 Å². The lowest BCUT2D eigenvalue weighted by Gasteiger charge is -2.43. The van der Waals surface area contributed by atoms with Crippen molar-refractivity contribution >= 4 is 35.0 Å². The van der Waals surface area contributed by atoms with Gasteiger partial charge in [0.05, 0.1) is 17.1 Å². The number of hydrogen-bond donors (Lipinski definition) is 0. The van der Waals surface area contributed by atoms with Crippen molar-refractivity contribution in [2.24, 2.45) is 0 Å². The van der Waals surface area contributed by atoms with E-state index in [1.54, 1.807) is 24.3 Å². The summed E-state index contributed by atoms with van der Waals surface area (Å²) in [6, 6.07) is 4.29. The highest BCUT2D eigenvalue weighted by atomic mass is 32.2. The van der Waals surface area contributed by atoms with Crippen molar-refractivity contribution in [3.63, 3.8) is 0 Å². The molecule has 2 atom stereocenters. The van der Waals surface area contributed by atoms with E-state index in [1.165, 1.54) is 0 Å². The Labute approximate surface area is 199 Å². The van der Waals surface area contributed by atoms with Crippen LogP contribution < -0.4 is 9.80 Å². The Morgan fingerprint density at radius 1 is 1.24 bits per heavy atom. The number of nitriles is 1. The van der Waals surface area contributed by atoms with Gasteiger partial charge in [0.25, 0.3) is 0 Å². The maximum Gasteiger partial charge on any atom is 0.236 e. The first kappa shape index (κ1) is 22.0. The molecule has 5 heterocycles. The third kappa shape index (κ3) is 3.70. The van der Waals surface area contributed by atoms with E-state index in [4.69, 9.17) is 4.98 Å². The van der Waals surface area contributed by atoms with Crippen molar-refractivity contribution in [1.29, 1.82) is 5.26 Å². The van der Waals surface area contributed by atoms with E-state index in [2.05, 4.69) is 51.5 Å². The number of nitrogens with zero attached hydrogens (tertiary/aromatic N) is 7. The summed E-state index contributed by atoms with van der Waals surface area (Å²) in [7, 11) is 0. The molecule has 0 spiro atoms. The number of carbonyl (C=O) groups is 1. The van der Waals surface area contributed by atoms with E-state index in [9.17, 15) is 10.1 Å². The van der Waals surface area contributed by atoms with Gasteiger partial charge in [0, 0.05) is 43.2 Å². The van der Waals surface area contributed by atoms with E-state index in [0.717, 1.165) is 66.8 Å². The monoisotopic (exact) mass is 463 g/mol. The molecule has 0 aromatic carbocycles. The van der Waals surface area contributed by atoms with Crippen LogP contribution in [0.25, 0.3) is 0 Å². The number of pyridine rings is 1. The average molecular weight is 464 g/mol. The summed E-state index contributed by atoms with van der Waals surface area (Å²) in [5, 5.41) is 9.39. The van der Waals surface area contributed by atoms with Gasteiger partial charge in [-0.1, -0.05) is 13.8 Å². The predicted octanol–water partition coefficient (Wildman–Crippen LogP) is 3.02. The van der Waals surface area contributed by atoms with Gasteiger partial charge in [-0.3, -0.25) is 4.79 Å². The Hall–Kier alpha value is -2.86. The molecule has 0 bridgehead atoms. The van der Waals surface area contributed by atoms with Gasteiger partial charge in [0.15, 0.2) is 0 Å². The van der Waals surface area contributed by atoms with Crippen LogP contribution in [0.15, 0.2) is 18.6 Å². The molecule has 8 nitrogen and oxygen atoms in total. The number of fused-ring (bicyclic) bond motifs is 1. The first-order valence-electron chi connectivity index (χ1n) is 11.5.